The van der Waals surface area contributed by atoms with Gasteiger partial charge in [-0.2, -0.15) is 18.2 Å². The second-order valence-electron chi connectivity index (χ2n) is 7.08. The number of halogens is 4. The summed E-state index contributed by atoms with van der Waals surface area (Å²) in [6, 6.07) is 2.82. The normalized spacial score (nSPS) is 25.1. The predicted molar refractivity (Wildman–Crippen MR) is 109 cm³/mol. The van der Waals surface area contributed by atoms with Gasteiger partial charge in [-0.3, -0.25) is 4.79 Å². The zero-order valence-corrected chi connectivity index (χ0v) is 18.1. The van der Waals surface area contributed by atoms with E-state index in [1.165, 1.54) is 11.0 Å². The van der Waals surface area contributed by atoms with Crippen molar-refractivity contribution in [3.8, 4) is 0 Å². The van der Waals surface area contributed by atoms with Gasteiger partial charge in [0, 0.05) is 16.9 Å². The molecule has 0 saturated carbocycles. The standard InChI is InChI=1S/C18H20ClF3N2O3S2/c1-3-10(4-2)16(25)23-17-24(14-8-29(26,27)9-15(14)28-17)11-5-6-13(19)12(7-11)18(20,21)22/h5-7,10,14-15H,3-4,8-9H2,1-2H3/t14-,15-/m0/s1. The lowest BCUT2D eigenvalue weighted by Gasteiger charge is -2.26. The van der Waals surface area contributed by atoms with Gasteiger partial charge in [-0.15, -0.1) is 0 Å². The van der Waals surface area contributed by atoms with Crippen molar-refractivity contribution in [3.63, 3.8) is 0 Å². The van der Waals surface area contributed by atoms with E-state index in [1.54, 1.807) is 0 Å². The van der Waals surface area contributed by atoms with E-state index in [4.69, 9.17) is 11.6 Å². The number of alkyl halides is 3. The Morgan fingerprint density at radius 1 is 1.31 bits per heavy atom. The van der Waals surface area contributed by atoms with E-state index in [2.05, 4.69) is 4.99 Å². The van der Waals surface area contributed by atoms with Crippen molar-refractivity contribution in [1.29, 1.82) is 0 Å². The molecule has 2 aliphatic rings. The summed E-state index contributed by atoms with van der Waals surface area (Å²) in [7, 11) is -3.32. The van der Waals surface area contributed by atoms with Crippen LogP contribution >= 0.6 is 23.4 Å². The molecule has 0 N–H and O–H groups in total. The zero-order chi connectivity index (χ0) is 21.6. The molecule has 5 nitrogen and oxygen atoms in total. The SMILES string of the molecule is CCC(CC)C(=O)N=C1S[C@H]2CS(=O)(=O)C[C@@H]2N1c1ccc(Cl)c(C(F)(F)F)c1. The van der Waals surface area contributed by atoms with Crippen LogP contribution in [0, 0.1) is 5.92 Å². The number of sulfone groups is 1. The van der Waals surface area contributed by atoms with Crippen LogP contribution in [0.5, 0.6) is 0 Å². The molecule has 2 heterocycles. The van der Waals surface area contributed by atoms with Crippen molar-refractivity contribution in [1.82, 2.24) is 0 Å². The van der Waals surface area contributed by atoms with E-state index in [-0.39, 0.29) is 34.2 Å². The lowest BCUT2D eigenvalue weighted by Crippen LogP contribution is -2.38. The highest BCUT2D eigenvalue weighted by atomic mass is 35.5. The van der Waals surface area contributed by atoms with E-state index in [0.717, 1.165) is 23.9 Å². The summed E-state index contributed by atoms with van der Waals surface area (Å²) < 4.78 is 64.1. The monoisotopic (exact) mass is 468 g/mol. The smallest absolute Gasteiger partial charge is 0.316 e. The van der Waals surface area contributed by atoms with Crippen LogP contribution in [0.25, 0.3) is 0 Å². The molecular weight excluding hydrogens is 449 g/mol. The Bertz CT molecular complexity index is 946. The maximum Gasteiger partial charge on any atom is 0.417 e. The Morgan fingerprint density at radius 3 is 2.55 bits per heavy atom. The minimum Gasteiger partial charge on any atom is -0.316 e. The minimum absolute atomic E-state index is 0.100. The van der Waals surface area contributed by atoms with Crippen LogP contribution in [0.4, 0.5) is 18.9 Å². The molecule has 2 fully saturated rings. The topological polar surface area (TPSA) is 66.8 Å². The molecule has 2 aliphatic heterocycles. The Hall–Kier alpha value is -1.26. The van der Waals surface area contributed by atoms with Crippen LogP contribution < -0.4 is 4.90 Å². The first-order valence-corrected chi connectivity index (χ1v) is 12.2. The summed E-state index contributed by atoms with van der Waals surface area (Å²) in [6.07, 6.45) is -3.47. The summed E-state index contributed by atoms with van der Waals surface area (Å²) >= 11 is 6.85. The quantitative estimate of drug-likeness (QED) is 0.655. The van der Waals surface area contributed by atoms with Crippen molar-refractivity contribution >= 4 is 50.0 Å². The first-order valence-electron chi connectivity index (χ1n) is 9.12. The summed E-state index contributed by atoms with van der Waals surface area (Å²) in [4.78, 5) is 18.1. The molecule has 1 aromatic rings. The number of rotatable bonds is 4. The third kappa shape index (κ3) is 4.59. The van der Waals surface area contributed by atoms with Gasteiger partial charge in [0.25, 0.3) is 5.91 Å². The molecule has 0 radical (unpaired) electrons. The number of amidine groups is 1. The van der Waals surface area contributed by atoms with Crippen LogP contribution in [0.2, 0.25) is 5.02 Å². The fraction of sp³-hybridized carbons (Fsp3) is 0.556. The maximum atomic E-state index is 13.3. The molecule has 29 heavy (non-hydrogen) atoms. The molecular formula is C18H20ClF3N2O3S2. The summed E-state index contributed by atoms with van der Waals surface area (Å²) in [5.41, 5.74) is -0.897. The molecule has 2 saturated heterocycles. The molecule has 2 atom stereocenters. The van der Waals surface area contributed by atoms with E-state index in [1.807, 2.05) is 13.8 Å². The molecule has 1 aromatic carbocycles. The number of hydrogen-bond donors (Lipinski definition) is 0. The molecule has 0 aliphatic carbocycles. The predicted octanol–water partition coefficient (Wildman–Crippen LogP) is 4.40. The van der Waals surface area contributed by atoms with Gasteiger partial charge in [0.15, 0.2) is 15.0 Å². The molecule has 11 heteroatoms. The van der Waals surface area contributed by atoms with Crippen LogP contribution in [0.1, 0.15) is 32.3 Å². The number of fused-ring (bicyclic) bond motifs is 1. The van der Waals surface area contributed by atoms with E-state index >= 15 is 0 Å². The lowest BCUT2D eigenvalue weighted by atomic mass is 10.0. The molecule has 0 aromatic heterocycles. The van der Waals surface area contributed by atoms with Crippen LogP contribution in [0.15, 0.2) is 23.2 Å². The van der Waals surface area contributed by atoms with Gasteiger partial charge in [0.05, 0.1) is 28.1 Å². The largest absolute Gasteiger partial charge is 0.417 e. The Balaban J connectivity index is 2.07. The number of nitrogens with zero attached hydrogens (tertiary/aromatic N) is 2. The van der Waals surface area contributed by atoms with E-state index < -0.39 is 37.9 Å². The molecule has 0 spiro atoms. The number of carbonyl (C=O) groups excluding carboxylic acids is 1. The number of hydrogen-bond acceptors (Lipinski definition) is 4. The molecule has 0 bridgehead atoms. The Morgan fingerprint density at radius 2 is 1.97 bits per heavy atom. The number of thioether (sulfide) groups is 1. The van der Waals surface area contributed by atoms with Crippen molar-refractivity contribution in [2.75, 3.05) is 16.4 Å². The number of benzene rings is 1. The Labute approximate surface area is 176 Å². The highest BCUT2D eigenvalue weighted by Gasteiger charge is 2.50. The van der Waals surface area contributed by atoms with Crippen LogP contribution in [-0.2, 0) is 20.8 Å². The van der Waals surface area contributed by atoms with Crippen LogP contribution in [-0.4, -0.2) is 42.3 Å². The molecule has 1 amide bonds. The van der Waals surface area contributed by atoms with Crippen LogP contribution in [0.3, 0.4) is 0 Å². The fourth-order valence-corrected chi connectivity index (χ4v) is 7.71. The number of amides is 1. The highest BCUT2D eigenvalue weighted by molar-refractivity contribution is 8.16. The van der Waals surface area contributed by atoms with E-state index in [0.29, 0.717) is 12.8 Å². The van der Waals surface area contributed by atoms with Crippen molar-refractivity contribution < 1.29 is 26.4 Å². The maximum absolute atomic E-state index is 13.3. The van der Waals surface area contributed by atoms with E-state index in [9.17, 15) is 26.4 Å². The summed E-state index contributed by atoms with van der Waals surface area (Å²) in [6.45, 7) is 3.73. The van der Waals surface area contributed by atoms with Crippen molar-refractivity contribution in [2.24, 2.45) is 10.9 Å². The minimum atomic E-state index is -4.66. The van der Waals surface area contributed by atoms with Gasteiger partial charge >= 0.3 is 6.18 Å². The van der Waals surface area contributed by atoms with Gasteiger partial charge in [0.1, 0.15) is 0 Å². The van der Waals surface area contributed by atoms with Crippen molar-refractivity contribution in [2.45, 2.75) is 44.2 Å². The average molecular weight is 469 g/mol. The van der Waals surface area contributed by atoms with Gasteiger partial charge < -0.3 is 4.90 Å². The number of carbonyl (C=O) groups is 1. The number of aliphatic imine (C=N–C) groups is 1. The van der Waals surface area contributed by atoms with Gasteiger partial charge in [-0.1, -0.05) is 37.2 Å². The lowest BCUT2D eigenvalue weighted by molar-refractivity contribution is -0.137. The first kappa shape index (κ1) is 22.4. The number of anilines is 1. The molecule has 160 valence electrons. The molecule has 0 unspecified atom stereocenters. The highest BCUT2D eigenvalue weighted by Crippen LogP contribution is 2.43. The zero-order valence-electron chi connectivity index (χ0n) is 15.7. The third-order valence-electron chi connectivity index (χ3n) is 5.14. The second kappa shape index (κ2) is 8.11. The van der Waals surface area contributed by atoms with Gasteiger partial charge in [0.2, 0.25) is 0 Å². The summed E-state index contributed by atoms with van der Waals surface area (Å²) in [5.74, 6) is -0.941. The molecule has 3 rings (SSSR count). The van der Waals surface area contributed by atoms with Gasteiger partial charge in [-0.25, -0.2) is 8.42 Å². The second-order valence-corrected chi connectivity index (χ2v) is 10.8. The third-order valence-corrected chi connectivity index (χ3v) is 8.68. The first-order chi connectivity index (χ1) is 13.5. The van der Waals surface area contributed by atoms with Crippen molar-refractivity contribution in [3.05, 3.63) is 28.8 Å². The fourth-order valence-electron chi connectivity index (χ4n) is 3.57. The Kier molecular flexibility index (Phi) is 6.27. The van der Waals surface area contributed by atoms with Gasteiger partial charge in [-0.05, 0) is 31.0 Å². The average Bonchev–Trinajstić information content (AvgIpc) is 3.06. The summed E-state index contributed by atoms with van der Waals surface area (Å²) in [5, 5.41) is -0.601.